The van der Waals surface area contributed by atoms with E-state index < -0.39 is 10.0 Å². The van der Waals surface area contributed by atoms with Crippen LogP contribution in [-0.2, 0) is 16.6 Å². The maximum absolute atomic E-state index is 11.1. The molecule has 5 nitrogen and oxygen atoms in total. The zero-order chi connectivity index (χ0) is 11.8. The molecule has 0 aliphatic rings. The summed E-state index contributed by atoms with van der Waals surface area (Å²) in [5.74, 6) is 0. The van der Waals surface area contributed by atoms with E-state index >= 15 is 0 Å². The number of aliphatic hydroxyl groups is 1. The zero-order valence-electron chi connectivity index (χ0n) is 8.60. The van der Waals surface area contributed by atoms with E-state index in [2.05, 4.69) is 4.72 Å². The van der Waals surface area contributed by atoms with Crippen LogP contribution in [0.5, 0.6) is 0 Å². The second kappa shape index (κ2) is 3.80. The zero-order valence-corrected chi connectivity index (χ0v) is 9.41. The number of hydrogen-bond donors (Lipinski definition) is 2. The Bertz CT molecular complexity index is 615. The van der Waals surface area contributed by atoms with Gasteiger partial charge in [-0.1, -0.05) is 6.07 Å². The molecule has 1 aromatic carbocycles. The van der Waals surface area contributed by atoms with E-state index in [1.165, 1.54) is 6.26 Å². The van der Waals surface area contributed by atoms with Gasteiger partial charge in [0.25, 0.3) is 0 Å². The van der Waals surface area contributed by atoms with Crippen LogP contribution in [0.2, 0.25) is 0 Å². The van der Waals surface area contributed by atoms with Crippen molar-refractivity contribution in [2.75, 3.05) is 11.0 Å². The summed E-state index contributed by atoms with van der Waals surface area (Å²) in [6, 6.07) is 4.91. The quantitative estimate of drug-likeness (QED) is 0.848. The van der Waals surface area contributed by atoms with E-state index in [1.54, 1.807) is 18.2 Å². The molecule has 0 unspecified atom stereocenters. The first-order valence-electron chi connectivity index (χ1n) is 4.59. The van der Waals surface area contributed by atoms with Crippen LogP contribution in [-0.4, -0.2) is 19.8 Å². The summed E-state index contributed by atoms with van der Waals surface area (Å²) in [5.41, 5.74) is 1.50. The minimum atomic E-state index is -3.34. The highest BCUT2D eigenvalue weighted by molar-refractivity contribution is 7.92. The number of aliphatic hydroxyl groups excluding tert-OH is 1. The Balaban J connectivity index is 2.60. The molecule has 0 spiro atoms. The Kier molecular flexibility index (Phi) is 2.61. The van der Waals surface area contributed by atoms with Crippen molar-refractivity contribution < 1.29 is 17.9 Å². The number of anilines is 1. The number of benzene rings is 1. The lowest BCUT2D eigenvalue weighted by Gasteiger charge is -2.06. The minimum absolute atomic E-state index is 0.116. The average molecular weight is 241 g/mol. The normalized spacial score (nSPS) is 11.9. The summed E-state index contributed by atoms with van der Waals surface area (Å²) in [6.45, 7) is -0.116. The van der Waals surface area contributed by atoms with Gasteiger partial charge in [0, 0.05) is 5.39 Å². The number of rotatable bonds is 3. The first-order chi connectivity index (χ1) is 7.51. The third-order valence-electron chi connectivity index (χ3n) is 2.17. The maximum Gasteiger partial charge on any atom is 0.229 e. The fourth-order valence-electron chi connectivity index (χ4n) is 1.54. The van der Waals surface area contributed by atoms with E-state index in [-0.39, 0.29) is 6.61 Å². The predicted octanol–water partition coefficient (Wildman–Crippen LogP) is 1.30. The van der Waals surface area contributed by atoms with Crippen molar-refractivity contribution in [1.82, 2.24) is 0 Å². The van der Waals surface area contributed by atoms with Crippen LogP contribution in [0.25, 0.3) is 11.0 Å². The van der Waals surface area contributed by atoms with E-state index in [0.29, 0.717) is 22.2 Å². The summed E-state index contributed by atoms with van der Waals surface area (Å²) in [7, 11) is -3.34. The number of hydrogen-bond acceptors (Lipinski definition) is 4. The van der Waals surface area contributed by atoms with Crippen molar-refractivity contribution in [1.29, 1.82) is 0 Å². The minimum Gasteiger partial charge on any atom is -0.462 e. The second-order valence-corrected chi connectivity index (χ2v) is 5.22. The van der Waals surface area contributed by atoms with Crippen molar-refractivity contribution in [3.8, 4) is 0 Å². The summed E-state index contributed by atoms with van der Waals surface area (Å²) in [6.07, 6.45) is 2.53. The van der Waals surface area contributed by atoms with Crippen LogP contribution in [0.3, 0.4) is 0 Å². The van der Waals surface area contributed by atoms with E-state index in [4.69, 9.17) is 9.52 Å². The summed E-state index contributed by atoms with van der Waals surface area (Å²) < 4.78 is 29.8. The fourth-order valence-corrected chi connectivity index (χ4v) is 2.10. The van der Waals surface area contributed by atoms with Crippen LogP contribution in [0, 0.1) is 0 Å². The molecule has 6 heteroatoms. The fraction of sp³-hybridized carbons (Fsp3) is 0.200. The van der Waals surface area contributed by atoms with Crippen molar-refractivity contribution in [3.05, 3.63) is 30.0 Å². The molecular weight excluding hydrogens is 230 g/mol. The van der Waals surface area contributed by atoms with Crippen molar-refractivity contribution in [3.63, 3.8) is 0 Å². The van der Waals surface area contributed by atoms with Crippen molar-refractivity contribution in [2.24, 2.45) is 0 Å². The molecule has 0 saturated heterocycles. The first kappa shape index (κ1) is 11.0. The van der Waals surface area contributed by atoms with Gasteiger partial charge in [-0.3, -0.25) is 4.72 Å². The molecule has 0 bridgehead atoms. The smallest absolute Gasteiger partial charge is 0.229 e. The Morgan fingerprint density at radius 2 is 2.12 bits per heavy atom. The number of fused-ring (bicyclic) bond motifs is 1. The molecule has 0 aliphatic carbocycles. The Labute approximate surface area is 92.7 Å². The standard InChI is InChI=1S/C10H11NO4S/c1-16(13,14)11-9-3-2-7(6-12)8-4-5-15-10(8)9/h2-5,11-12H,6H2,1H3. The van der Waals surface area contributed by atoms with Gasteiger partial charge in [0.05, 0.1) is 24.8 Å². The molecule has 0 fully saturated rings. The molecule has 2 rings (SSSR count). The third kappa shape index (κ3) is 2.02. The molecule has 16 heavy (non-hydrogen) atoms. The number of sulfonamides is 1. The lowest BCUT2D eigenvalue weighted by molar-refractivity contribution is 0.283. The van der Waals surface area contributed by atoms with E-state index in [0.717, 1.165) is 6.26 Å². The van der Waals surface area contributed by atoms with Crippen LogP contribution < -0.4 is 4.72 Å². The predicted molar refractivity (Wildman–Crippen MR) is 60.6 cm³/mol. The monoisotopic (exact) mass is 241 g/mol. The van der Waals surface area contributed by atoms with Crippen LogP contribution in [0.15, 0.2) is 28.9 Å². The molecule has 86 valence electrons. The second-order valence-electron chi connectivity index (χ2n) is 3.47. The SMILES string of the molecule is CS(=O)(=O)Nc1ccc(CO)c2ccoc12. The molecule has 2 aromatic rings. The van der Waals surface area contributed by atoms with Gasteiger partial charge in [-0.05, 0) is 17.7 Å². The highest BCUT2D eigenvalue weighted by Crippen LogP contribution is 2.28. The topological polar surface area (TPSA) is 79.5 Å². The summed E-state index contributed by atoms with van der Waals surface area (Å²) >= 11 is 0. The number of nitrogens with one attached hydrogen (secondary N) is 1. The average Bonchev–Trinajstić information content (AvgIpc) is 2.65. The van der Waals surface area contributed by atoms with Gasteiger partial charge in [0.15, 0.2) is 5.58 Å². The lowest BCUT2D eigenvalue weighted by Crippen LogP contribution is -2.09. The maximum atomic E-state index is 11.1. The van der Waals surface area contributed by atoms with Gasteiger partial charge in [-0.25, -0.2) is 8.42 Å². The molecule has 0 saturated carbocycles. The lowest BCUT2D eigenvalue weighted by atomic mass is 10.1. The first-order valence-corrected chi connectivity index (χ1v) is 6.48. The molecule has 2 N–H and O–H groups in total. The molecule has 0 amide bonds. The Morgan fingerprint density at radius 1 is 1.38 bits per heavy atom. The number of furan rings is 1. The van der Waals surface area contributed by atoms with Gasteiger partial charge in [0.2, 0.25) is 10.0 Å². The van der Waals surface area contributed by atoms with E-state index in [1.807, 2.05) is 0 Å². The van der Waals surface area contributed by atoms with Gasteiger partial charge in [0.1, 0.15) is 0 Å². The Hall–Kier alpha value is -1.53. The third-order valence-corrected chi connectivity index (χ3v) is 2.76. The molecule has 1 heterocycles. The summed E-state index contributed by atoms with van der Waals surface area (Å²) in [5, 5.41) is 9.80. The summed E-state index contributed by atoms with van der Waals surface area (Å²) in [4.78, 5) is 0. The molecule has 0 atom stereocenters. The van der Waals surface area contributed by atoms with Crippen molar-refractivity contribution in [2.45, 2.75) is 6.61 Å². The molecule has 1 aromatic heterocycles. The van der Waals surface area contributed by atoms with Crippen LogP contribution >= 0.6 is 0 Å². The Morgan fingerprint density at radius 3 is 2.75 bits per heavy atom. The van der Waals surface area contributed by atoms with Gasteiger partial charge < -0.3 is 9.52 Å². The van der Waals surface area contributed by atoms with E-state index in [9.17, 15) is 8.42 Å². The largest absolute Gasteiger partial charge is 0.462 e. The van der Waals surface area contributed by atoms with Gasteiger partial charge in [-0.2, -0.15) is 0 Å². The van der Waals surface area contributed by atoms with Crippen LogP contribution in [0.1, 0.15) is 5.56 Å². The van der Waals surface area contributed by atoms with Gasteiger partial charge >= 0.3 is 0 Å². The van der Waals surface area contributed by atoms with Crippen molar-refractivity contribution >= 4 is 26.7 Å². The van der Waals surface area contributed by atoms with Crippen LogP contribution in [0.4, 0.5) is 5.69 Å². The highest BCUT2D eigenvalue weighted by Gasteiger charge is 2.11. The highest BCUT2D eigenvalue weighted by atomic mass is 32.2. The molecular formula is C10H11NO4S. The van der Waals surface area contributed by atoms with Gasteiger partial charge in [-0.15, -0.1) is 0 Å². The molecule has 0 radical (unpaired) electrons. The molecule has 0 aliphatic heterocycles.